The molecule has 0 saturated carbocycles. The highest BCUT2D eigenvalue weighted by Gasteiger charge is 2.22. The maximum atomic E-state index is 5.20. The van der Waals surface area contributed by atoms with Gasteiger partial charge in [0.05, 0.1) is 13.7 Å². The van der Waals surface area contributed by atoms with Crippen molar-refractivity contribution in [3.05, 3.63) is 60.2 Å². The van der Waals surface area contributed by atoms with Crippen LogP contribution in [0.4, 0.5) is 5.69 Å². The molecule has 27 heavy (non-hydrogen) atoms. The lowest BCUT2D eigenvalue weighted by molar-refractivity contribution is 0.414. The Kier molecular flexibility index (Phi) is 6.97. The Balaban J connectivity index is 1.50. The zero-order valence-corrected chi connectivity index (χ0v) is 16.3. The van der Waals surface area contributed by atoms with E-state index in [2.05, 4.69) is 64.9 Å². The molecule has 0 radical (unpaired) electrons. The SMILES string of the molecule is CCNC(=NCc1ccc(OC)cc1)NCC1CCN(c2ccccc2)C1. The molecule has 1 fully saturated rings. The topological polar surface area (TPSA) is 48.9 Å². The second-order valence-corrected chi connectivity index (χ2v) is 6.86. The fourth-order valence-corrected chi connectivity index (χ4v) is 3.36. The summed E-state index contributed by atoms with van der Waals surface area (Å²) >= 11 is 0. The van der Waals surface area contributed by atoms with Crippen molar-refractivity contribution >= 4 is 11.6 Å². The van der Waals surface area contributed by atoms with Gasteiger partial charge in [0.2, 0.25) is 0 Å². The Hall–Kier alpha value is -2.69. The lowest BCUT2D eigenvalue weighted by Crippen LogP contribution is -2.40. The fourth-order valence-electron chi connectivity index (χ4n) is 3.36. The molecule has 1 heterocycles. The average molecular weight is 367 g/mol. The number of anilines is 1. The molecule has 2 N–H and O–H groups in total. The van der Waals surface area contributed by atoms with Gasteiger partial charge in [-0.15, -0.1) is 0 Å². The minimum absolute atomic E-state index is 0.634. The highest BCUT2D eigenvalue weighted by molar-refractivity contribution is 5.79. The van der Waals surface area contributed by atoms with Crippen LogP contribution in [0.25, 0.3) is 0 Å². The van der Waals surface area contributed by atoms with Crippen LogP contribution in [0.5, 0.6) is 5.75 Å². The van der Waals surface area contributed by atoms with E-state index in [1.165, 1.54) is 17.7 Å². The summed E-state index contributed by atoms with van der Waals surface area (Å²) in [7, 11) is 1.68. The molecule has 1 atom stereocenters. The molecule has 3 rings (SSSR count). The van der Waals surface area contributed by atoms with Crippen LogP contribution >= 0.6 is 0 Å². The number of benzene rings is 2. The lowest BCUT2D eigenvalue weighted by Gasteiger charge is -2.19. The van der Waals surface area contributed by atoms with Crippen molar-refractivity contribution in [2.75, 3.05) is 38.2 Å². The molecule has 0 amide bonds. The van der Waals surface area contributed by atoms with E-state index >= 15 is 0 Å². The minimum Gasteiger partial charge on any atom is -0.497 e. The maximum Gasteiger partial charge on any atom is 0.191 e. The van der Waals surface area contributed by atoms with Crippen LogP contribution in [0.3, 0.4) is 0 Å². The van der Waals surface area contributed by atoms with Crippen molar-refractivity contribution in [3.63, 3.8) is 0 Å². The highest BCUT2D eigenvalue weighted by Crippen LogP contribution is 2.22. The van der Waals surface area contributed by atoms with Gasteiger partial charge in [0, 0.05) is 31.9 Å². The number of nitrogens with zero attached hydrogens (tertiary/aromatic N) is 2. The van der Waals surface area contributed by atoms with Crippen molar-refractivity contribution in [3.8, 4) is 5.75 Å². The van der Waals surface area contributed by atoms with Crippen molar-refractivity contribution in [1.82, 2.24) is 10.6 Å². The van der Waals surface area contributed by atoms with Crippen LogP contribution < -0.4 is 20.3 Å². The van der Waals surface area contributed by atoms with Gasteiger partial charge in [0.15, 0.2) is 5.96 Å². The van der Waals surface area contributed by atoms with Crippen molar-refractivity contribution < 1.29 is 4.74 Å². The fraction of sp³-hybridized carbons (Fsp3) is 0.409. The summed E-state index contributed by atoms with van der Waals surface area (Å²) in [6.07, 6.45) is 1.21. The minimum atomic E-state index is 0.634. The molecule has 5 nitrogen and oxygen atoms in total. The first kappa shape index (κ1) is 19.1. The van der Waals surface area contributed by atoms with E-state index in [1.807, 2.05) is 12.1 Å². The van der Waals surface area contributed by atoms with E-state index < -0.39 is 0 Å². The molecule has 0 spiro atoms. The Morgan fingerprint density at radius 1 is 1.11 bits per heavy atom. The Morgan fingerprint density at radius 3 is 2.59 bits per heavy atom. The van der Waals surface area contributed by atoms with Crippen LogP contribution in [0.2, 0.25) is 0 Å². The van der Waals surface area contributed by atoms with E-state index in [9.17, 15) is 0 Å². The number of methoxy groups -OCH3 is 1. The number of ether oxygens (including phenoxy) is 1. The van der Waals surface area contributed by atoms with Crippen LogP contribution in [0.15, 0.2) is 59.6 Å². The lowest BCUT2D eigenvalue weighted by atomic mass is 10.1. The quantitative estimate of drug-likeness (QED) is 0.583. The van der Waals surface area contributed by atoms with Gasteiger partial charge in [-0.25, -0.2) is 4.99 Å². The van der Waals surface area contributed by atoms with E-state index in [0.717, 1.165) is 37.9 Å². The zero-order valence-electron chi connectivity index (χ0n) is 16.3. The van der Waals surface area contributed by atoms with Gasteiger partial charge in [-0.3, -0.25) is 0 Å². The number of rotatable bonds is 7. The van der Waals surface area contributed by atoms with E-state index in [-0.39, 0.29) is 0 Å². The van der Waals surface area contributed by atoms with Gasteiger partial charge in [-0.05, 0) is 49.1 Å². The summed E-state index contributed by atoms with van der Waals surface area (Å²) in [4.78, 5) is 7.18. The molecule has 5 heteroatoms. The van der Waals surface area contributed by atoms with Gasteiger partial charge in [-0.1, -0.05) is 30.3 Å². The summed E-state index contributed by atoms with van der Waals surface area (Å²) in [5, 5.41) is 6.86. The third-order valence-corrected chi connectivity index (χ3v) is 4.89. The molecule has 2 aromatic carbocycles. The first-order chi connectivity index (χ1) is 13.3. The van der Waals surface area contributed by atoms with Gasteiger partial charge in [-0.2, -0.15) is 0 Å². The van der Waals surface area contributed by atoms with Crippen molar-refractivity contribution in [2.45, 2.75) is 19.9 Å². The standard InChI is InChI=1S/C22H30N4O/c1-3-23-22(24-15-18-9-11-21(27-2)12-10-18)25-16-19-13-14-26(17-19)20-7-5-4-6-8-20/h4-12,19H,3,13-17H2,1-2H3,(H2,23,24,25). The Morgan fingerprint density at radius 2 is 1.89 bits per heavy atom. The number of para-hydroxylation sites is 1. The predicted molar refractivity (Wildman–Crippen MR) is 113 cm³/mol. The molecule has 1 aliphatic heterocycles. The third-order valence-electron chi connectivity index (χ3n) is 4.89. The number of aliphatic imine (C=N–C) groups is 1. The summed E-state index contributed by atoms with van der Waals surface area (Å²) in [6, 6.07) is 18.7. The second-order valence-electron chi connectivity index (χ2n) is 6.86. The molecule has 1 aliphatic rings. The van der Waals surface area contributed by atoms with E-state index in [0.29, 0.717) is 12.5 Å². The first-order valence-corrected chi connectivity index (χ1v) is 9.73. The molecule has 0 aromatic heterocycles. The zero-order chi connectivity index (χ0) is 18.9. The third kappa shape index (κ3) is 5.64. The molecule has 0 aliphatic carbocycles. The number of hydrogen-bond acceptors (Lipinski definition) is 3. The van der Waals surface area contributed by atoms with Crippen molar-refractivity contribution in [1.29, 1.82) is 0 Å². The highest BCUT2D eigenvalue weighted by atomic mass is 16.5. The van der Waals surface area contributed by atoms with Crippen LogP contribution in [-0.2, 0) is 6.54 Å². The molecular formula is C22H30N4O. The van der Waals surface area contributed by atoms with Crippen LogP contribution in [0, 0.1) is 5.92 Å². The Bertz CT molecular complexity index is 715. The summed E-state index contributed by atoms with van der Waals surface area (Å²) in [5.74, 6) is 2.39. The molecule has 1 saturated heterocycles. The molecule has 144 valence electrons. The van der Waals surface area contributed by atoms with Gasteiger partial charge in [0.25, 0.3) is 0 Å². The first-order valence-electron chi connectivity index (χ1n) is 9.73. The molecule has 2 aromatic rings. The van der Waals surface area contributed by atoms with Crippen LogP contribution in [0.1, 0.15) is 18.9 Å². The monoisotopic (exact) mass is 366 g/mol. The predicted octanol–water partition coefficient (Wildman–Crippen LogP) is 3.28. The summed E-state index contributed by atoms with van der Waals surface area (Å²) in [5.41, 5.74) is 2.49. The second kappa shape index (κ2) is 9.86. The van der Waals surface area contributed by atoms with Gasteiger partial charge in [0.1, 0.15) is 5.75 Å². The number of hydrogen-bond donors (Lipinski definition) is 2. The smallest absolute Gasteiger partial charge is 0.191 e. The van der Waals surface area contributed by atoms with Gasteiger partial charge >= 0.3 is 0 Å². The molecule has 0 bridgehead atoms. The molecule has 1 unspecified atom stereocenters. The largest absolute Gasteiger partial charge is 0.497 e. The molecular weight excluding hydrogens is 336 g/mol. The maximum absolute atomic E-state index is 5.20. The summed E-state index contributed by atoms with van der Waals surface area (Å²) in [6.45, 7) is 6.76. The normalized spacial score (nSPS) is 17.0. The Labute approximate surface area is 162 Å². The van der Waals surface area contributed by atoms with E-state index in [4.69, 9.17) is 9.73 Å². The van der Waals surface area contributed by atoms with Crippen LogP contribution in [-0.4, -0.2) is 39.2 Å². The summed E-state index contributed by atoms with van der Waals surface area (Å²) < 4.78 is 5.20. The van der Waals surface area contributed by atoms with Gasteiger partial charge < -0.3 is 20.3 Å². The van der Waals surface area contributed by atoms with Crippen molar-refractivity contribution in [2.24, 2.45) is 10.9 Å². The average Bonchev–Trinajstić information content (AvgIpc) is 3.20. The number of guanidine groups is 1. The number of nitrogens with one attached hydrogen (secondary N) is 2. The van der Waals surface area contributed by atoms with E-state index in [1.54, 1.807) is 7.11 Å².